The fourth-order valence-electron chi connectivity index (χ4n) is 1.20. The lowest BCUT2D eigenvalue weighted by Gasteiger charge is -2.23. The fourth-order valence-corrected chi connectivity index (χ4v) is 1.20. The first-order chi connectivity index (χ1) is 10.1. The molecule has 0 N–H and O–H groups in total. The predicted molar refractivity (Wildman–Crippen MR) is 79.8 cm³/mol. The van der Waals surface area contributed by atoms with Gasteiger partial charge in [0.2, 0.25) is 12.2 Å². The van der Waals surface area contributed by atoms with Gasteiger partial charge in [0.15, 0.2) is 11.6 Å². The molecule has 0 heterocycles. The molecule has 0 aliphatic rings. The highest BCUT2D eigenvalue weighted by molar-refractivity contribution is 6.04. The maximum atomic E-state index is 11.9. The summed E-state index contributed by atoms with van der Waals surface area (Å²) in [6, 6.07) is 0. The van der Waals surface area contributed by atoms with E-state index in [2.05, 4.69) is 26.3 Å². The SMILES string of the molecule is C=CC(=O)C(OC(=O)C(=C)C)C(OC(=O)C(=C)C)C(=O)C=C. The van der Waals surface area contributed by atoms with Gasteiger partial charge in [-0.15, -0.1) is 0 Å². The third-order valence-corrected chi connectivity index (χ3v) is 2.40. The van der Waals surface area contributed by atoms with Crippen LogP contribution in [0.1, 0.15) is 13.8 Å². The van der Waals surface area contributed by atoms with Crippen molar-refractivity contribution in [2.45, 2.75) is 26.1 Å². The van der Waals surface area contributed by atoms with Gasteiger partial charge in [0.05, 0.1) is 0 Å². The number of carbonyl (C=O) groups excluding carboxylic acids is 4. The second-order valence-corrected chi connectivity index (χ2v) is 4.43. The minimum Gasteiger partial charge on any atom is -0.446 e. The van der Waals surface area contributed by atoms with Gasteiger partial charge in [0.25, 0.3) is 0 Å². The summed E-state index contributed by atoms with van der Waals surface area (Å²) in [5.74, 6) is -3.42. The number of hydrogen-bond acceptors (Lipinski definition) is 6. The molecular formula is C16H18O6. The van der Waals surface area contributed by atoms with Gasteiger partial charge in [-0.05, 0) is 26.0 Å². The maximum absolute atomic E-state index is 11.9. The van der Waals surface area contributed by atoms with E-state index >= 15 is 0 Å². The summed E-state index contributed by atoms with van der Waals surface area (Å²) >= 11 is 0. The van der Waals surface area contributed by atoms with Crippen molar-refractivity contribution in [3.63, 3.8) is 0 Å². The number of esters is 2. The minimum absolute atomic E-state index is 0.0119. The molecule has 118 valence electrons. The van der Waals surface area contributed by atoms with E-state index in [0.29, 0.717) is 0 Å². The zero-order valence-electron chi connectivity index (χ0n) is 12.6. The van der Waals surface area contributed by atoms with Crippen LogP contribution in [0, 0.1) is 0 Å². The summed E-state index contributed by atoms with van der Waals surface area (Å²) in [5, 5.41) is 0. The van der Waals surface area contributed by atoms with Crippen LogP contribution in [0.3, 0.4) is 0 Å². The first kappa shape index (κ1) is 19.2. The molecule has 22 heavy (non-hydrogen) atoms. The quantitative estimate of drug-likeness (QED) is 0.473. The van der Waals surface area contributed by atoms with Crippen LogP contribution in [-0.2, 0) is 28.7 Å². The maximum Gasteiger partial charge on any atom is 0.333 e. The van der Waals surface area contributed by atoms with Gasteiger partial charge in [-0.3, -0.25) is 9.59 Å². The Kier molecular flexibility index (Phi) is 7.44. The van der Waals surface area contributed by atoms with Crippen molar-refractivity contribution in [1.29, 1.82) is 0 Å². The topological polar surface area (TPSA) is 86.7 Å². The van der Waals surface area contributed by atoms with E-state index in [1.54, 1.807) is 0 Å². The summed E-state index contributed by atoms with van der Waals surface area (Å²) in [7, 11) is 0. The van der Waals surface area contributed by atoms with Crippen molar-refractivity contribution in [3.05, 3.63) is 49.6 Å². The molecule has 0 amide bonds. The van der Waals surface area contributed by atoms with Crippen LogP contribution in [0.4, 0.5) is 0 Å². The number of ketones is 2. The average Bonchev–Trinajstić information content (AvgIpc) is 2.48. The highest BCUT2D eigenvalue weighted by atomic mass is 16.6. The summed E-state index contributed by atoms with van der Waals surface area (Å²) in [5.41, 5.74) is 0.0239. The minimum atomic E-state index is -1.67. The zero-order valence-corrected chi connectivity index (χ0v) is 12.6. The van der Waals surface area contributed by atoms with E-state index in [4.69, 9.17) is 9.47 Å². The second kappa shape index (κ2) is 8.51. The molecule has 0 bridgehead atoms. The molecular weight excluding hydrogens is 288 g/mol. The van der Waals surface area contributed by atoms with E-state index < -0.39 is 35.7 Å². The molecule has 0 fully saturated rings. The van der Waals surface area contributed by atoms with Crippen molar-refractivity contribution in [3.8, 4) is 0 Å². The number of hydrogen-bond donors (Lipinski definition) is 0. The van der Waals surface area contributed by atoms with Crippen LogP contribution in [0.2, 0.25) is 0 Å². The van der Waals surface area contributed by atoms with E-state index in [9.17, 15) is 19.2 Å². The molecule has 0 radical (unpaired) electrons. The van der Waals surface area contributed by atoms with Gasteiger partial charge in [0, 0.05) is 11.1 Å². The Balaban J connectivity index is 5.62. The van der Waals surface area contributed by atoms with Crippen LogP contribution in [0.25, 0.3) is 0 Å². The number of rotatable bonds is 9. The monoisotopic (exact) mass is 306 g/mol. The van der Waals surface area contributed by atoms with Gasteiger partial charge in [0.1, 0.15) is 0 Å². The summed E-state index contributed by atoms with van der Waals surface area (Å²) in [4.78, 5) is 46.9. The first-order valence-corrected chi connectivity index (χ1v) is 6.21. The lowest BCUT2D eigenvalue weighted by atomic mass is 10.0. The van der Waals surface area contributed by atoms with E-state index in [0.717, 1.165) is 12.2 Å². The van der Waals surface area contributed by atoms with Crippen LogP contribution in [0.15, 0.2) is 49.6 Å². The standard InChI is InChI=1S/C16H18O6/c1-7-11(17)13(21-15(19)9(3)4)14(12(18)8-2)22-16(20)10(5)6/h7-8,13-14H,1-3,5H2,4,6H3. The third-order valence-electron chi connectivity index (χ3n) is 2.40. The van der Waals surface area contributed by atoms with Gasteiger partial charge in [-0.25, -0.2) is 9.59 Å². The Morgan fingerprint density at radius 1 is 0.773 bits per heavy atom. The molecule has 2 atom stereocenters. The van der Waals surface area contributed by atoms with Crippen molar-refractivity contribution < 1.29 is 28.7 Å². The summed E-state index contributed by atoms with van der Waals surface area (Å²) in [6.45, 7) is 16.0. The second-order valence-electron chi connectivity index (χ2n) is 4.43. The highest BCUT2D eigenvalue weighted by Gasteiger charge is 2.37. The van der Waals surface area contributed by atoms with Crippen LogP contribution < -0.4 is 0 Å². The van der Waals surface area contributed by atoms with Crippen LogP contribution in [0.5, 0.6) is 0 Å². The molecule has 0 rings (SSSR count). The summed E-state index contributed by atoms with van der Waals surface area (Å²) < 4.78 is 9.79. The van der Waals surface area contributed by atoms with Gasteiger partial charge < -0.3 is 9.47 Å². The van der Waals surface area contributed by atoms with Gasteiger partial charge in [-0.2, -0.15) is 0 Å². The van der Waals surface area contributed by atoms with Crippen molar-refractivity contribution >= 4 is 23.5 Å². The Labute approximate surface area is 128 Å². The third kappa shape index (κ3) is 5.32. The smallest absolute Gasteiger partial charge is 0.333 e. The molecule has 0 aromatic rings. The molecule has 0 aromatic heterocycles. The molecule has 0 aliphatic carbocycles. The molecule has 0 saturated heterocycles. The van der Waals surface area contributed by atoms with Gasteiger partial charge in [-0.1, -0.05) is 26.3 Å². The molecule has 0 saturated carbocycles. The molecule has 0 spiro atoms. The fraction of sp³-hybridized carbons (Fsp3) is 0.250. The van der Waals surface area contributed by atoms with Gasteiger partial charge >= 0.3 is 11.9 Å². The van der Waals surface area contributed by atoms with Crippen molar-refractivity contribution in [2.75, 3.05) is 0 Å². The molecule has 6 nitrogen and oxygen atoms in total. The molecule has 0 aliphatic heterocycles. The highest BCUT2D eigenvalue weighted by Crippen LogP contribution is 2.13. The predicted octanol–water partition coefficient (Wildman–Crippen LogP) is 1.47. The van der Waals surface area contributed by atoms with E-state index in [-0.39, 0.29) is 11.1 Å². The Bertz CT molecular complexity index is 505. The number of carbonyl (C=O) groups is 4. The Morgan fingerprint density at radius 2 is 1.05 bits per heavy atom. The normalized spacial score (nSPS) is 12.3. The van der Waals surface area contributed by atoms with E-state index in [1.165, 1.54) is 13.8 Å². The van der Waals surface area contributed by atoms with Crippen LogP contribution >= 0.6 is 0 Å². The molecule has 0 aromatic carbocycles. The zero-order chi connectivity index (χ0) is 17.4. The lowest BCUT2D eigenvalue weighted by molar-refractivity contribution is -0.169. The molecule has 2 unspecified atom stereocenters. The number of ether oxygens (including phenoxy) is 2. The Morgan fingerprint density at radius 3 is 1.23 bits per heavy atom. The van der Waals surface area contributed by atoms with Crippen molar-refractivity contribution in [1.82, 2.24) is 0 Å². The largest absolute Gasteiger partial charge is 0.446 e. The lowest BCUT2D eigenvalue weighted by Crippen LogP contribution is -2.45. The average molecular weight is 306 g/mol. The molecule has 6 heteroatoms. The van der Waals surface area contributed by atoms with Crippen molar-refractivity contribution in [2.24, 2.45) is 0 Å². The van der Waals surface area contributed by atoms with Crippen LogP contribution in [-0.4, -0.2) is 35.7 Å². The van der Waals surface area contributed by atoms with E-state index in [1.807, 2.05) is 0 Å². The summed E-state index contributed by atoms with van der Waals surface area (Å²) in [6.07, 6.45) is -1.63. The Hall–Kier alpha value is -2.76. The first-order valence-electron chi connectivity index (χ1n) is 6.21.